The van der Waals surface area contributed by atoms with Crippen LogP contribution in [0.1, 0.15) is 16.7 Å². The summed E-state index contributed by atoms with van der Waals surface area (Å²) in [6.45, 7) is 8.06. The fourth-order valence-electron chi connectivity index (χ4n) is 3.62. The van der Waals surface area contributed by atoms with E-state index < -0.39 is 0 Å². The second-order valence-corrected chi connectivity index (χ2v) is 7.54. The molecule has 0 unspecified atom stereocenters. The highest BCUT2D eigenvalue weighted by Crippen LogP contribution is 2.19. The number of aryl methyl sites for hydroxylation is 1. The Labute approximate surface area is 168 Å². The van der Waals surface area contributed by atoms with Gasteiger partial charge in [-0.2, -0.15) is 0 Å². The number of rotatable bonds is 7. The van der Waals surface area contributed by atoms with Gasteiger partial charge in [-0.05, 0) is 24.1 Å². The van der Waals surface area contributed by atoms with Gasteiger partial charge in [0.2, 0.25) is 5.91 Å². The lowest BCUT2D eigenvalue weighted by Crippen LogP contribution is -2.49. The number of para-hydroxylation sites is 1. The molecule has 0 radical (unpaired) electrons. The van der Waals surface area contributed by atoms with Gasteiger partial charge in [0.05, 0.1) is 13.7 Å². The first-order valence-electron chi connectivity index (χ1n) is 9.92. The molecule has 0 aliphatic carbocycles. The number of methoxy groups -OCH3 is 1. The van der Waals surface area contributed by atoms with Crippen LogP contribution in [0.2, 0.25) is 0 Å². The van der Waals surface area contributed by atoms with Crippen LogP contribution in [0.3, 0.4) is 0 Å². The molecule has 3 rings (SSSR count). The van der Waals surface area contributed by atoms with Crippen molar-refractivity contribution in [1.29, 1.82) is 0 Å². The average Bonchev–Trinajstić information content (AvgIpc) is 2.71. The maximum atomic E-state index is 12.7. The predicted octanol–water partition coefficient (Wildman–Crippen LogP) is 2.78. The van der Waals surface area contributed by atoms with E-state index in [0.29, 0.717) is 13.1 Å². The highest BCUT2D eigenvalue weighted by Gasteiger charge is 2.21. The third kappa shape index (κ3) is 5.33. The molecule has 1 amide bonds. The van der Waals surface area contributed by atoms with E-state index in [2.05, 4.69) is 41.0 Å². The summed E-state index contributed by atoms with van der Waals surface area (Å²) in [7, 11) is 3.53. The molecule has 0 N–H and O–H groups in total. The van der Waals surface area contributed by atoms with E-state index >= 15 is 0 Å². The van der Waals surface area contributed by atoms with Gasteiger partial charge < -0.3 is 9.64 Å². The Hall–Kier alpha value is -2.37. The molecule has 0 atom stereocenters. The number of likely N-dealkylation sites (N-methyl/N-ethyl adjacent to an activating group) is 1. The number of carbonyl (C=O) groups excluding carboxylic acids is 1. The summed E-state index contributed by atoms with van der Waals surface area (Å²) in [5, 5.41) is 0. The van der Waals surface area contributed by atoms with Crippen LogP contribution >= 0.6 is 0 Å². The molecule has 1 saturated heterocycles. The van der Waals surface area contributed by atoms with E-state index in [1.54, 1.807) is 12.0 Å². The summed E-state index contributed by atoms with van der Waals surface area (Å²) >= 11 is 0. The van der Waals surface area contributed by atoms with E-state index in [9.17, 15) is 4.79 Å². The van der Waals surface area contributed by atoms with Gasteiger partial charge in [-0.15, -0.1) is 0 Å². The number of piperazine rings is 1. The topological polar surface area (TPSA) is 36.0 Å². The summed E-state index contributed by atoms with van der Waals surface area (Å²) in [4.78, 5) is 19.2. The van der Waals surface area contributed by atoms with Crippen molar-refractivity contribution in [2.75, 3.05) is 46.9 Å². The number of nitrogens with zero attached hydrogens (tertiary/aromatic N) is 3. The minimum absolute atomic E-state index is 0.151. The number of hydrogen-bond acceptors (Lipinski definition) is 4. The Morgan fingerprint density at radius 2 is 1.57 bits per heavy atom. The molecule has 0 spiro atoms. The van der Waals surface area contributed by atoms with Crippen molar-refractivity contribution < 1.29 is 9.53 Å². The van der Waals surface area contributed by atoms with Gasteiger partial charge in [0.1, 0.15) is 5.75 Å². The van der Waals surface area contributed by atoms with Crippen LogP contribution in [0.4, 0.5) is 0 Å². The van der Waals surface area contributed by atoms with Crippen LogP contribution in [-0.4, -0.2) is 67.5 Å². The SMILES string of the molecule is COc1ccccc1CN(C)C(=O)CN1CCN(Cc2ccccc2C)CC1. The van der Waals surface area contributed by atoms with Crippen molar-refractivity contribution in [3.63, 3.8) is 0 Å². The lowest BCUT2D eigenvalue weighted by molar-refractivity contribution is -0.132. The van der Waals surface area contributed by atoms with Crippen LogP contribution < -0.4 is 4.74 Å². The minimum atomic E-state index is 0.151. The summed E-state index contributed by atoms with van der Waals surface area (Å²) < 4.78 is 5.39. The van der Waals surface area contributed by atoms with E-state index in [1.807, 2.05) is 31.3 Å². The van der Waals surface area contributed by atoms with Gasteiger partial charge in [-0.25, -0.2) is 0 Å². The van der Waals surface area contributed by atoms with Crippen molar-refractivity contribution in [2.45, 2.75) is 20.0 Å². The zero-order valence-electron chi connectivity index (χ0n) is 17.2. The average molecular weight is 382 g/mol. The van der Waals surface area contributed by atoms with Crippen LogP contribution in [0.15, 0.2) is 48.5 Å². The molecule has 0 aromatic heterocycles. The number of hydrogen-bond donors (Lipinski definition) is 0. The second kappa shape index (κ2) is 9.71. The molecule has 0 bridgehead atoms. The molecular weight excluding hydrogens is 350 g/mol. The van der Waals surface area contributed by atoms with Crippen LogP contribution in [-0.2, 0) is 17.9 Å². The van der Waals surface area contributed by atoms with E-state index in [4.69, 9.17) is 4.74 Å². The van der Waals surface area contributed by atoms with Crippen molar-refractivity contribution in [2.24, 2.45) is 0 Å². The summed E-state index contributed by atoms with van der Waals surface area (Å²) in [6.07, 6.45) is 0. The fourth-order valence-corrected chi connectivity index (χ4v) is 3.62. The molecule has 1 aliphatic heterocycles. The maximum Gasteiger partial charge on any atom is 0.236 e. The largest absolute Gasteiger partial charge is 0.496 e. The Morgan fingerprint density at radius 1 is 0.964 bits per heavy atom. The van der Waals surface area contributed by atoms with Gasteiger partial charge in [0, 0.05) is 51.9 Å². The standard InChI is InChI=1S/C23H31N3O2/c1-19-8-4-5-9-20(19)17-25-12-14-26(15-13-25)18-23(27)24(2)16-21-10-6-7-11-22(21)28-3/h4-11H,12-18H2,1-3H3. The first kappa shape index (κ1) is 20.4. The monoisotopic (exact) mass is 381 g/mol. The Kier molecular flexibility index (Phi) is 7.06. The van der Waals surface area contributed by atoms with Crippen molar-refractivity contribution in [1.82, 2.24) is 14.7 Å². The molecule has 1 fully saturated rings. The van der Waals surface area contributed by atoms with Gasteiger partial charge in [0.25, 0.3) is 0 Å². The lowest BCUT2D eigenvalue weighted by atomic mass is 10.1. The highest BCUT2D eigenvalue weighted by atomic mass is 16.5. The molecule has 2 aromatic rings. The predicted molar refractivity (Wildman–Crippen MR) is 112 cm³/mol. The number of carbonyl (C=O) groups is 1. The molecule has 5 nitrogen and oxygen atoms in total. The van der Waals surface area contributed by atoms with Crippen molar-refractivity contribution >= 4 is 5.91 Å². The maximum absolute atomic E-state index is 12.7. The Bertz CT molecular complexity index is 785. The zero-order chi connectivity index (χ0) is 19.9. The zero-order valence-corrected chi connectivity index (χ0v) is 17.2. The van der Waals surface area contributed by atoms with Crippen LogP contribution in [0, 0.1) is 6.92 Å². The summed E-state index contributed by atoms with van der Waals surface area (Å²) in [5.74, 6) is 0.977. The lowest BCUT2D eigenvalue weighted by Gasteiger charge is -2.35. The fraction of sp³-hybridized carbons (Fsp3) is 0.435. The molecule has 0 saturated carbocycles. The van der Waals surface area contributed by atoms with Crippen LogP contribution in [0.5, 0.6) is 5.75 Å². The Balaban J connectivity index is 1.46. The van der Waals surface area contributed by atoms with Gasteiger partial charge >= 0.3 is 0 Å². The molecule has 5 heteroatoms. The quantitative estimate of drug-likeness (QED) is 0.739. The molecule has 2 aromatic carbocycles. The minimum Gasteiger partial charge on any atom is -0.496 e. The van der Waals surface area contributed by atoms with E-state index in [1.165, 1.54) is 11.1 Å². The van der Waals surface area contributed by atoms with E-state index in [-0.39, 0.29) is 5.91 Å². The smallest absolute Gasteiger partial charge is 0.236 e. The Morgan fingerprint density at radius 3 is 2.25 bits per heavy atom. The third-order valence-corrected chi connectivity index (χ3v) is 5.50. The summed E-state index contributed by atoms with van der Waals surface area (Å²) in [5.41, 5.74) is 3.77. The third-order valence-electron chi connectivity index (χ3n) is 5.50. The first-order valence-corrected chi connectivity index (χ1v) is 9.92. The molecule has 1 heterocycles. The first-order chi connectivity index (χ1) is 13.6. The van der Waals surface area contributed by atoms with E-state index in [0.717, 1.165) is 44.0 Å². The second-order valence-electron chi connectivity index (χ2n) is 7.54. The highest BCUT2D eigenvalue weighted by molar-refractivity contribution is 5.78. The van der Waals surface area contributed by atoms with Gasteiger partial charge in [-0.3, -0.25) is 14.6 Å². The number of amides is 1. The normalized spacial score (nSPS) is 15.4. The molecule has 1 aliphatic rings. The van der Waals surface area contributed by atoms with Gasteiger partial charge in [-0.1, -0.05) is 42.5 Å². The number of benzene rings is 2. The van der Waals surface area contributed by atoms with Crippen molar-refractivity contribution in [3.05, 3.63) is 65.2 Å². The molecule has 28 heavy (non-hydrogen) atoms. The van der Waals surface area contributed by atoms with Gasteiger partial charge in [0.15, 0.2) is 0 Å². The van der Waals surface area contributed by atoms with Crippen LogP contribution in [0.25, 0.3) is 0 Å². The molecule has 150 valence electrons. The molecular formula is C23H31N3O2. The summed E-state index contributed by atoms with van der Waals surface area (Å²) in [6, 6.07) is 16.4. The van der Waals surface area contributed by atoms with Crippen molar-refractivity contribution in [3.8, 4) is 5.75 Å². The number of ether oxygens (including phenoxy) is 1.